The van der Waals surface area contributed by atoms with Crippen molar-refractivity contribution in [3.05, 3.63) is 29.3 Å². The molecule has 1 saturated heterocycles. The van der Waals surface area contributed by atoms with Crippen LogP contribution in [0.15, 0.2) is 24.3 Å². The Kier molecular flexibility index (Phi) is 6.72. The number of anilines is 1. The number of carbonyl (C=O) groups excluding carboxylic acids is 1. The first kappa shape index (κ1) is 20.0. The topological polar surface area (TPSA) is 49.9 Å². The highest BCUT2D eigenvalue weighted by Gasteiger charge is 2.30. The van der Waals surface area contributed by atoms with Gasteiger partial charge in [-0.1, -0.05) is 11.6 Å². The first-order chi connectivity index (χ1) is 11.7. The third-order valence-electron chi connectivity index (χ3n) is 4.79. The van der Waals surface area contributed by atoms with Gasteiger partial charge in [-0.3, -0.25) is 4.90 Å². The molecule has 5 nitrogen and oxygen atoms in total. The standard InChI is InChI=1S/C19H30ClN3O2/c1-15-14-21(12-13-23(15)19(2,3)4)10-5-11-22(18(24)25)17-8-6-16(20)7-9-17/h6-9,15H,5,10-14H2,1-4H3,(H,24,25)/p-1. The first-order valence-corrected chi connectivity index (χ1v) is 9.29. The minimum Gasteiger partial charge on any atom is -0.530 e. The van der Waals surface area contributed by atoms with Crippen LogP contribution in [-0.4, -0.2) is 60.2 Å². The first-order valence-electron chi connectivity index (χ1n) is 8.91. The van der Waals surface area contributed by atoms with Crippen LogP contribution in [-0.2, 0) is 0 Å². The fourth-order valence-corrected chi connectivity index (χ4v) is 3.76. The SMILES string of the molecule is CC1CN(CCCN(C(=O)[O-])c2ccc(Cl)cc2)CCN1C(C)(C)C. The van der Waals surface area contributed by atoms with Crippen molar-refractivity contribution in [2.24, 2.45) is 0 Å². The van der Waals surface area contributed by atoms with Crippen molar-refractivity contribution in [1.82, 2.24) is 9.80 Å². The Hall–Kier alpha value is -1.30. The molecule has 0 saturated carbocycles. The van der Waals surface area contributed by atoms with Gasteiger partial charge >= 0.3 is 0 Å². The van der Waals surface area contributed by atoms with Gasteiger partial charge in [0.15, 0.2) is 0 Å². The van der Waals surface area contributed by atoms with Gasteiger partial charge in [0, 0.05) is 48.5 Å². The zero-order valence-electron chi connectivity index (χ0n) is 15.7. The summed E-state index contributed by atoms with van der Waals surface area (Å²) >= 11 is 5.87. The van der Waals surface area contributed by atoms with E-state index in [4.69, 9.17) is 11.6 Å². The summed E-state index contributed by atoms with van der Waals surface area (Å²) in [6.45, 7) is 13.4. The van der Waals surface area contributed by atoms with E-state index in [0.29, 0.717) is 23.3 Å². The van der Waals surface area contributed by atoms with Crippen molar-refractivity contribution in [1.29, 1.82) is 0 Å². The average molecular weight is 367 g/mol. The second-order valence-corrected chi connectivity index (χ2v) is 8.20. The third-order valence-corrected chi connectivity index (χ3v) is 5.04. The number of nitrogens with zero attached hydrogens (tertiary/aromatic N) is 3. The predicted octanol–water partition coefficient (Wildman–Crippen LogP) is 2.68. The molecule has 1 amide bonds. The third kappa shape index (κ3) is 5.59. The molecule has 0 aliphatic carbocycles. The maximum absolute atomic E-state index is 11.4. The lowest BCUT2D eigenvalue weighted by Crippen LogP contribution is -2.58. The monoisotopic (exact) mass is 366 g/mol. The molecule has 1 aromatic carbocycles. The van der Waals surface area contributed by atoms with Crippen LogP contribution in [0.25, 0.3) is 0 Å². The van der Waals surface area contributed by atoms with Gasteiger partial charge in [-0.15, -0.1) is 0 Å². The Morgan fingerprint density at radius 1 is 1.28 bits per heavy atom. The molecule has 1 unspecified atom stereocenters. The average Bonchev–Trinajstić information content (AvgIpc) is 2.51. The van der Waals surface area contributed by atoms with Gasteiger partial charge in [0.2, 0.25) is 0 Å². The Bertz CT molecular complexity index is 571. The van der Waals surface area contributed by atoms with E-state index < -0.39 is 6.09 Å². The Balaban J connectivity index is 1.85. The highest BCUT2D eigenvalue weighted by molar-refractivity contribution is 6.30. The minimum atomic E-state index is -1.17. The number of halogens is 1. The van der Waals surface area contributed by atoms with Crippen LogP contribution >= 0.6 is 11.6 Å². The van der Waals surface area contributed by atoms with Gasteiger partial charge < -0.3 is 19.7 Å². The Labute approximate surface area is 156 Å². The lowest BCUT2D eigenvalue weighted by molar-refractivity contribution is -0.246. The van der Waals surface area contributed by atoms with Crippen LogP contribution in [0.3, 0.4) is 0 Å². The smallest absolute Gasteiger partial charge is 0.141 e. The maximum atomic E-state index is 11.4. The largest absolute Gasteiger partial charge is 0.530 e. The second-order valence-electron chi connectivity index (χ2n) is 7.76. The quantitative estimate of drug-likeness (QED) is 0.803. The van der Waals surface area contributed by atoms with Gasteiger partial charge in [0.05, 0.1) is 0 Å². The Morgan fingerprint density at radius 2 is 1.92 bits per heavy atom. The van der Waals surface area contributed by atoms with Crippen LogP contribution in [0.4, 0.5) is 10.5 Å². The van der Waals surface area contributed by atoms with Crippen LogP contribution in [0, 0.1) is 0 Å². The van der Waals surface area contributed by atoms with Crippen molar-refractivity contribution < 1.29 is 9.90 Å². The molecule has 0 aromatic heterocycles. The van der Waals surface area contributed by atoms with Gasteiger partial charge in [0.25, 0.3) is 0 Å². The summed E-state index contributed by atoms with van der Waals surface area (Å²) in [6.07, 6.45) is -0.396. The summed E-state index contributed by atoms with van der Waals surface area (Å²) in [6, 6.07) is 7.31. The van der Waals surface area contributed by atoms with E-state index in [0.717, 1.165) is 32.6 Å². The molecule has 1 aliphatic rings. The van der Waals surface area contributed by atoms with E-state index >= 15 is 0 Å². The van der Waals surface area contributed by atoms with Gasteiger partial charge in [-0.25, -0.2) is 0 Å². The van der Waals surface area contributed by atoms with Crippen molar-refractivity contribution in [3.63, 3.8) is 0 Å². The lowest BCUT2D eigenvalue weighted by Gasteiger charge is -2.47. The van der Waals surface area contributed by atoms with Crippen LogP contribution in [0.5, 0.6) is 0 Å². The van der Waals surface area contributed by atoms with Crippen LogP contribution < -0.4 is 10.0 Å². The number of rotatable bonds is 5. The molecule has 25 heavy (non-hydrogen) atoms. The molecule has 1 atom stereocenters. The van der Waals surface area contributed by atoms with E-state index in [1.165, 1.54) is 4.90 Å². The zero-order valence-corrected chi connectivity index (χ0v) is 16.4. The van der Waals surface area contributed by atoms with Crippen LogP contribution in [0.1, 0.15) is 34.1 Å². The van der Waals surface area contributed by atoms with Crippen molar-refractivity contribution in [2.75, 3.05) is 37.6 Å². The molecule has 1 heterocycles. The summed E-state index contributed by atoms with van der Waals surface area (Å²) in [7, 11) is 0. The van der Waals surface area contributed by atoms with Crippen molar-refractivity contribution in [2.45, 2.75) is 45.7 Å². The molecule has 1 fully saturated rings. The summed E-state index contributed by atoms with van der Waals surface area (Å²) in [5, 5.41) is 12.0. The predicted molar refractivity (Wildman–Crippen MR) is 101 cm³/mol. The van der Waals surface area contributed by atoms with E-state index in [-0.39, 0.29) is 5.54 Å². The lowest BCUT2D eigenvalue weighted by atomic mass is 10.0. The van der Waals surface area contributed by atoms with E-state index in [2.05, 4.69) is 37.5 Å². The summed E-state index contributed by atoms with van der Waals surface area (Å²) in [5.41, 5.74) is 0.793. The fraction of sp³-hybridized carbons (Fsp3) is 0.632. The van der Waals surface area contributed by atoms with Gasteiger partial charge in [-0.05, 0) is 64.9 Å². The molecule has 0 N–H and O–H groups in total. The van der Waals surface area contributed by atoms with Gasteiger partial charge in [-0.2, -0.15) is 0 Å². The fourth-order valence-electron chi connectivity index (χ4n) is 3.63. The molecule has 1 aliphatic heterocycles. The highest BCUT2D eigenvalue weighted by Crippen LogP contribution is 2.21. The molecular formula is C19H29ClN3O2-. The van der Waals surface area contributed by atoms with E-state index in [1.54, 1.807) is 24.3 Å². The minimum absolute atomic E-state index is 0.186. The molecular weight excluding hydrogens is 338 g/mol. The number of amides is 1. The zero-order chi connectivity index (χ0) is 18.6. The number of hydrogen-bond donors (Lipinski definition) is 0. The summed E-state index contributed by atoms with van der Waals surface area (Å²) < 4.78 is 0. The van der Waals surface area contributed by atoms with Crippen molar-refractivity contribution >= 4 is 23.4 Å². The number of carbonyl (C=O) groups is 1. The molecule has 6 heteroatoms. The highest BCUT2D eigenvalue weighted by atomic mass is 35.5. The normalized spacial score (nSPS) is 19.8. The molecule has 0 spiro atoms. The molecule has 0 bridgehead atoms. The molecule has 1 aromatic rings. The summed E-state index contributed by atoms with van der Waals surface area (Å²) in [5.74, 6) is 0. The van der Waals surface area contributed by atoms with E-state index in [1.807, 2.05) is 0 Å². The van der Waals surface area contributed by atoms with Crippen LogP contribution in [0.2, 0.25) is 5.02 Å². The second kappa shape index (κ2) is 8.39. The number of carboxylic acid groups (broad SMARTS) is 1. The number of piperazine rings is 1. The summed E-state index contributed by atoms with van der Waals surface area (Å²) in [4.78, 5) is 17.7. The number of hydrogen-bond acceptors (Lipinski definition) is 4. The number of benzene rings is 1. The maximum Gasteiger partial charge on any atom is 0.141 e. The van der Waals surface area contributed by atoms with Gasteiger partial charge in [0.1, 0.15) is 6.09 Å². The van der Waals surface area contributed by atoms with E-state index in [9.17, 15) is 9.90 Å². The van der Waals surface area contributed by atoms with Crippen molar-refractivity contribution in [3.8, 4) is 0 Å². The molecule has 140 valence electrons. The Morgan fingerprint density at radius 3 is 2.44 bits per heavy atom. The molecule has 2 rings (SSSR count). The molecule has 0 radical (unpaired) electrons.